The molecular formula is C71H114N18O19S2. The highest BCUT2D eigenvalue weighted by atomic mass is 32.2. The molecule has 2 rings (SSSR count). The summed E-state index contributed by atoms with van der Waals surface area (Å²) >= 11 is 5.58. The van der Waals surface area contributed by atoms with Gasteiger partial charge in [0.2, 0.25) is 70.9 Å². The standard InChI is InChI=1S/C71H114N18O19S2/c1-38(2)30-48(78-55(91)36-74)63(100)83-49(31-39(3)4)64(101)84-51(33-42-21-23-43(90)24-22-42)66(103)88-54(37-109)69(106)85-50(32-41-16-9-8-10-17-41)65(102)81-46(20-15-28-77-71(75)76)59(96)79-44(18-11-13-26-72)60(97)86-53(35-57(94)95)68(105)82-47(25-29-110-7)61(98)87-52(34-56(92)93)67(104)80-45(19-12-14-27-73)62(99)89-58(40(5)6)70(107)108/h8-10,16-17,21-24,38-40,44-54,58,90,109H,11-15,18-20,25-37,72-74H2,1-7H3,(H,78,91)(H,79,96)(H,80,104)(H,81,102)(H,82,105)(H,83,100)(H,84,101)(H,85,106)(H,86,97)(H,87,98)(H,88,103)(H,89,99)(H,92,93)(H,94,95)(H,107,108)(H4,75,76,77)/t44-,45-,46-,47-,48-,49-,50-,51-,52-,53-,54-,58-/m0/s1. The average Bonchev–Trinajstić information content (AvgIpc) is 0.852. The first-order chi connectivity index (χ1) is 52.0. The third-order valence-corrected chi connectivity index (χ3v) is 17.9. The molecule has 0 unspecified atom stereocenters. The van der Waals surface area contributed by atoms with Crippen molar-refractivity contribution in [3.63, 3.8) is 0 Å². The summed E-state index contributed by atoms with van der Waals surface area (Å²) in [6, 6.07) is -4.59. The Kier molecular flexibility index (Phi) is 45.1. The molecule has 12 amide bonds. The Bertz CT molecular complexity index is 3390. The molecule has 2 aromatic rings. The zero-order valence-electron chi connectivity index (χ0n) is 63.3. The molecule has 0 bridgehead atoms. The first kappa shape index (κ1) is 96.2. The van der Waals surface area contributed by atoms with Gasteiger partial charge in [-0.2, -0.15) is 24.4 Å². The van der Waals surface area contributed by atoms with Crippen molar-refractivity contribution in [1.82, 2.24) is 63.8 Å². The van der Waals surface area contributed by atoms with E-state index in [2.05, 4.69) is 81.4 Å². The number of nitrogens with zero attached hydrogens (tertiary/aromatic N) is 1. The van der Waals surface area contributed by atoms with E-state index >= 15 is 0 Å². The Hall–Kier alpha value is -9.86. The van der Waals surface area contributed by atoms with Crippen molar-refractivity contribution in [1.29, 1.82) is 0 Å². The number of carboxylic acids is 3. The molecule has 0 radical (unpaired) electrons. The minimum absolute atomic E-state index is 0.00390. The van der Waals surface area contributed by atoms with Crippen LogP contribution in [0.5, 0.6) is 5.75 Å². The van der Waals surface area contributed by atoms with Gasteiger partial charge in [-0.25, -0.2) is 4.79 Å². The van der Waals surface area contributed by atoms with Crippen LogP contribution in [0, 0.1) is 17.8 Å². The van der Waals surface area contributed by atoms with E-state index in [1.165, 1.54) is 49.9 Å². The SMILES string of the molecule is CSCC[C@H](NC(=O)[C@H](CC(=O)O)NC(=O)[C@H](CCCCN)NC(=O)[C@H](CCCN=C(N)N)NC(=O)[C@H](Cc1ccccc1)NC(=O)[C@H](CS)NC(=O)[C@H](Cc1ccc(O)cc1)NC(=O)[C@H](CC(C)C)NC(=O)[C@H](CC(C)C)NC(=O)CN)C(=O)N[C@@H](CC(=O)O)C(=O)N[C@@H](CCCCN)C(=O)N[C@H](C(=O)O)C(C)C. The van der Waals surface area contributed by atoms with Gasteiger partial charge in [0.25, 0.3) is 0 Å². The smallest absolute Gasteiger partial charge is 0.326 e. The zero-order chi connectivity index (χ0) is 82.7. The molecule has 39 heteroatoms. The molecule has 0 heterocycles. The fraction of sp³-hybridized carbons (Fsp3) is 0.606. The number of nitrogens with one attached hydrogen (secondary N) is 12. The molecule has 12 atom stereocenters. The van der Waals surface area contributed by atoms with Crippen LogP contribution in [0.4, 0.5) is 0 Å². The normalized spacial score (nSPS) is 14.4. The maximum absolute atomic E-state index is 14.9. The minimum Gasteiger partial charge on any atom is -0.508 e. The largest absolute Gasteiger partial charge is 0.508 e. The van der Waals surface area contributed by atoms with Crippen molar-refractivity contribution in [3.8, 4) is 5.75 Å². The lowest BCUT2D eigenvalue weighted by Crippen LogP contribution is -2.61. The predicted molar refractivity (Wildman–Crippen MR) is 413 cm³/mol. The van der Waals surface area contributed by atoms with E-state index in [4.69, 9.17) is 28.7 Å². The van der Waals surface area contributed by atoms with Gasteiger partial charge in [-0.3, -0.25) is 72.1 Å². The van der Waals surface area contributed by atoms with E-state index in [1.807, 2.05) is 13.8 Å². The molecule has 0 aliphatic carbocycles. The van der Waals surface area contributed by atoms with Crippen molar-refractivity contribution in [2.75, 3.05) is 43.9 Å². The van der Waals surface area contributed by atoms with Crippen LogP contribution in [0.3, 0.4) is 0 Å². The number of phenols is 1. The number of aromatic hydroxyl groups is 1. The Morgan fingerprint density at radius 2 is 0.773 bits per heavy atom. The van der Waals surface area contributed by atoms with Crippen LogP contribution in [0.25, 0.3) is 0 Å². The molecule has 110 heavy (non-hydrogen) atoms. The second-order valence-corrected chi connectivity index (χ2v) is 28.9. The summed E-state index contributed by atoms with van der Waals surface area (Å²) in [4.78, 5) is 210. The number of carboxylic acid groups (broad SMARTS) is 3. The van der Waals surface area contributed by atoms with Crippen molar-refractivity contribution in [3.05, 3.63) is 65.7 Å². The minimum atomic E-state index is -2.01. The Labute approximate surface area is 649 Å². The number of aliphatic imine (C=N–C) groups is 1. The first-order valence-electron chi connectivity index (χ1n) is 36.3. The Balaban J connectivity index is 2.64. The third-order valence-electron chi connectivity index (χ3n) is 16.9. The molecule has 0 spiro atoms. The predicted octanol–water partition coefficient (Wildman–Crippen LogP) is -3.27. The maximum Gasteiger partial charge on any atom is 0.326 e. The molecule has 37 nitrogen and oxygen atoms in total. The summed E-state index contributed by atoms with van der Waals surface area (Å²) in [5, 5.41) is 70.0. The van der Waals surface area contributed by atoms with Crippen LogP contribution >= 0.6 is 24.4 Å². The molecule has 0 fully saturated rings. The fourth-order valence-electron chi connectivity index (χ4n) is 11.0. The van der Waals surface area contributed by atoms with Gasteiger partial charge in [0.05, 0.1) is 19.4 Å². The number of thiol groups is 1. The summed E-state index contributed by atoms with van der Waals surface area (Å²) in [6.45, 7) is 10.1. The highest BCUT2D eigenvalue weighted by Gasteiger charge is 2.39. The van der Waals surface area contributed by atoms with Gasteiger partial charge < -0.3 is 113 Å². The van der Waals surface area contributed by atoms with E-state index in [9.17, 15) is 92.3 Å². The molecule has 0 aliphatic rings. The van der Waals surface area contributed by atoms with Crippen molar-refractivity contribution in [2.24, 2.45) is 51.4 Å². The highest BCUT2D eigenvalue weighted by Crippen LogP contribution is 2.17. The molecule has 26 N–H and O–H groups in total. The van der Waals surface area contributed by atoms with Gasteiger partial charge in [-0.05, 0) is 137 Å². The number of rotatable bonds is 54. The van der Waals surface area contributed by atoms with Crippen LogP contribution in [0.2, 0.25) is 0 Å². The second kappa shape index (κ2) is 51.5. The lowest BCUT2D eigenvalue weighted by molar-refractivity contribution is -0.144. The number of hydrogen-bond acceptors (Lipinski definition) is 22. The number of amides is 12. The van der Waals surface area contributed by atoms with Gasteiger partial charge in [0.15, 0.2) is 5.96 Å². The van der Waals surface area contributed by atoms with Gasteiger partial charge in [-0.15, -0.1) is 0 Å². The average molecular weight is 1590 g/mol. The van der Waals surface area contributed by atoms with Crippen molar-refractivity contribution in [2.45, 2.75) is 210 Å². The molecule has 614 valence electrons. The topological polar surface area (TPSA) is 624 Å². The number of carbonyl (C=O) groups excluding carboxylic acids is 12. The quantitative estimate of drug-likeness (QED) is 0.0134. The molecule has 0 saturated heterocycles. The number of carbonyl (C=O) groups is 15. The number of nitrogens with two attached hydrogens (primary N) is 5. The summed E-state index contributed by atoms with van der Waals surface area (Å²) < 4.78 is 0. The van der Waals surface area contributed by atoms with E-state index < -0.39 is 192 Å². The van der Waals surface area contributed by atoms with Crippen molar-refractivity contribution >= 4 is 119 Å². The van der Waals surface area contributed by atoms with E-state index in [0.717, 1.165) is 0 Å². The van der Waals surface area contributed by atoms with Crippen LogP contribution in [0.1, 0.15) is 136 Å². The molecule has 0 aromatic heterocycles. The number of thioether (sulfide) groups is 1. The monoisotopic (exact) mass is 1590 g/mol. The number of phenolic OH excluding ortho intramolecular Hbond substituents is 1. The van der Waals surface area contributed by atoms with Gasteiger partial charge in [0, 0.05) is 25.1 Å². The fourth-order valence-corrected chi connectivity index (χ4v) is 11.8. The van der Waals surface area contributed by atoms with Crippen LogP contribution in [0.15, 0.2) is 59.6 Å². The summed E-state index contributed by atoms with van der Waals surface area (Å²) in [6.07, 6.45) is -0.494. The van der Waals surface area contributed by atoms with Crippen molar-refractivity contribution < 1.29 is 92.3 Å². The molecule has 0 saturated carbocycles. The second-order valence-electron chi connectivity index (χ2n) is 27.5. The Morgan fingerprint density at radius 1 is 0.427 bits per heavy atom. The summed E-state index contributed by atoms with van der Waals surface area (Å²) in [5.41, 5.74) is 29.1. The highest BCUT2D eigenvalue weighted by molar-refractivity contribution is 7.98. The van der Waals surface area contributed by atoms with Gasteiger partial charge >= 0.3 is 17.9 Å². The van der Waals surface area contributed by atoms with E-state index in [1.54, 1.807) is 50.4 Å². The zero-order valence-corrected chi connectivity index (χ0v) is 65.0. The van der Waals surface area contributed by atoms with E-state index in [0.29, 0.717) is 17.5 Å². The Morgan fingerprint density at radius 3 is 1.15 bits per heavy atom. The van der Waals surface area contributed by atoms with E-state index in [-0.39, 0.29) is 126 Å². The van der Waals surface area contributed by atoms with Gasteiger partial charge in [0.1, 0.15) is 78.3 Å². The number of benzene rings is 2. The first-order valence-corrected chi connectivity index (χ1v) is 38.4. The van der Waals surface area contributed by atoms with Crippen LogP contribution in [-0.4, -0.2) is 232 Å². The van der Waals surface area contributed by atoms with Crippen LogP contribution < -0.4 is 92.5 Å². The number of aliphatic carboxylic acids is 3. The third kappa shape index (κ3) is 37.5. The summed E-state index contributed by atoms with van der Waals surface area (Å²) in [7, 11) is 0. The van der Waals surface area contributed by atoms with Crippen LogP contribution in [-0.2, 0) is 84.8 Å². The molecule has 2 aromatic carbocycles. The lowest BCUT2D eigenvalue weighted by Gasteiger charge is -2.28. The number of hydrogen-bond donors (Lipinski definition) is 22. The number of unbranched alkanes of at least 4 members (excludes halogenated alkanes) is 2. The number of guanidine groups is 1. The van der Waals surface area contributed by atoms with Gasteiger partial charge in [-0.1, -0.05) is 84.0 Å². The lowest BCUT2D eigenvalue weighted by atomic mass is 9.99. The molecular weight excluding hydrogens is 1470 g/mol. The summed E-state index contributed by atoms with van der Waals surface area (Å²) in [5.74, 6) is -17.9. The maximum atomic E-state index is 14.9. The molecule has 0 aliphatic heterocycles.